The lowest BCUT2D eigenvalue weighted by Gasteiger charge is -2.45. The molecule has 1 aromatic rings. The molecule has 1 heterocycles. The minimum absolute atomic E-state index is 0.180. The summed E-state index contributed by atoms with van der Waals surface area (Å²) in [7, 11) is 0. The molecule has 1 aliphatic heterocycles. The quantitative estimate of drug-likeness (QED) is 0.749. The van der Waals surface area contributed by atoms with Crippen molar-refractivity contribution in [2.24, 2.45) is 0 Å². The van der Waals surface area contributed by atoms with Gasteiger partial charge in [0.25, 0.3) is 0 Å². The molecule has 2 rings (SSSR count). The summed E-state index contributed by atoms with van der Waals surface area (Å²) in [6.07, 6.45) is 7.60. The number of unbranched alkanes of at least 4 members (excludes halogenated alkanes) is 2. The summed E-state index contributed by atoms with van der Waals surface area (Å²) in [5.41, 5.74) is 2.70. The van der Waals surface area contributed by atoms with Crippen molar-refractivity contribution in [1.29, 1.82) is 0 Å². The van der Waals surface area contributed by atoms with E-state index in [1.807, 2.05) is 0 Å². The average molecular weight is 260 g/mol. The molecule has 1 aromatic carbocycles. The Hall–Kier alpha value is -1.18. The van der Waals surface area contributed by atoms with Crippen molar-refractivity contribution in [3.05, 3.63) is 24.3 Å². The second kappa shape index (κ2) is 6.31. The zero-order valence-corrected chi connectivity index (χ0v) is 12.6. The highest BCUT2D eigenvalue weighted by Gasteiger charge is 2.37. The van der Waals surface area contributed by atoms with Crippen molar-refractivity contribution in [2.75, 3.05) is 10.6 Å². The molecule has 0 aromatic heterocycles. The standard InChI is InChI=1S/C17H28N2/c1-4-6-12-16-17(3,13-7-5-2)19-15-11-9-8-10-14(15)18-16/h8-11,16,18-19H,4-7,12-13H2,1-3H3. The van der Waals surface area contributed by atoms with Gasteiger partial charge in [0.2, 0.25) is 0 Å². The molecule has 2 atom stereocenters. The maximum Gasteiger partial charge on any atom is 0.0581 e. The van der Waals surface area contributed by atoms with Gasteiger partial charge in [0.05, 0.1) is 16.9 Å². The van der Waals surface area contributed by atoms with Gasteiger partial charge in [-0.1, -0.05) is 51.7 Å². The summed E-state index contributed by atoms with van der Waals surface area (Å²) < 4.78 is 0. The molecule has 2 nitrogen and oxygen atoms in total. The molecule has 0 radical (unpaired) electrons. The van der Waals surface area contributed by atoms with Crippen molar-refractivity contribution < 1.29 is 0 Å². The van der Waals surface area contributed by atoms with Crippen LogP contribution in [0.4, 0.5) is 11.4 Å². The minimum Gasteiger partial charge on any atom is -0.378 e. The van der Waals surface area contributed by atoms with Crippen LogP contribution in [0.15, 0.2) is 24.3 Å². The fourth-order valence-corrected chi connectivity index (χ4v) is 3.04. The Kier molecular flexibility index (Phi) is 4.73. The van der Waals surface area contributed by atoms with Crippen LogP contribution in [-0.2, 0) is 0 Å². The second-order valence-electron chi connectivity index (χ2n) is 6.03. The molecule has 106 valence electrons. The number of anilines is 2. The highest BCUT2D eigenvalue weighted by Crippen LogP contribution is 2.37. The van der Waals surface area contributed by atoms with Crippen molar-refractivity contribution >= 4 is 11.4 Å². The van der Waals surface area contributed by atoms with Crippen LogP contribution in [0.3, 0.4) is 0 Å². The largest absolute Gasteiger partial charge is 0.378 e. The first-order chi connectivity index (χ1) is 9.19. The Morgan fingerprint density at radius 1 is 1.05 bits per heavy atom. The van der Waals surface area contributed by atoms with Gasteiger partial charge in [-0.05, 0) is 31.9 Å². The van der Waals surface area contributed by atoms with Gasteiger partial charge in [0.1, 0.15) is 0 Å². The summed E-state index contributed by atoms with van der Waals surface area (Å²) in [4.78, 5) is 0. The van der Waals surface area contributed by atoms with Crippen molar-refractivity contribution in [3.63, 3.8) is 0 Å². The molecule has 0 bridgehead atoms. The SMILES string of the molecule is CCCCC1Nc2ccccc2NC1(C)CCCC. The van der Waals surface area contributed by atoms with Crippen LogP contribution in [0.2, 0.25) is 0 Å². The molecule has 1 aliphatic rings. The van der Waals surface area contributed by atoms with Crippen molar-refractivity contribution in [3.8, 4) is 0 Å². The first kappa shape index (κ1) is 14.2. The number of benzene rings is 1. The van der Waals surface area contributed by atoms with E-state index in [-0.39, 0.29) is 5.54 Å². The molecule has 0 amide bonds. The number of hydrogen-bond acceptors (Lipinski definition) is 2. The number of fused-ring (bicyclic) bond motifs is 1. The van der Waals surface area contributed by atoms with E-state index < -0.39 is 0 Å². The summed E-state index contributed by atoms with van der Waals surface area (Å²) in [5.74, 6) is 0. The van der Waals surface area contributed by atoms with Gasteiger partial charge in [0, 0.05) is 6.04 Å². The maximum absolute atomic E-state index is 3.80. The number of rotatable bonds is 6. The van der Waals surface area contributed by atoms with Crippen LogP contribution in [0.5, 0.6) is 0 Å². The zero-order valence-electron chi connectivity index (χ0n) is 12.6. The smallest absolute Gasteiger partial charge is 0.0581 e. The molecule has 2 N–H and O–H groups in total. The normalized spacial score (nSPS) is 25.3. The Morgan fingerprint density at radius 3 is 2.42 bits per heavy atom. The Bertz CT molecular complexity index is 402. The van der Waals surface area contributed by atoms with Crippen LogP contribution in [0, 0.1) is 0 Å². The molecule has 0 aliphatic carbocycles. The van der Waals surface area contributed by atoms with Crippen LogP contribution < -0.4 is 10.6 Å². The molecular formula is C17H28N2. The summed E-state index contributed by atoms with van der Waals surface area (Å²) in [6.45, 7) is 6.92. The first-order valence-corrected chi connectivity index (χ1v) is 7.83. The molecule has 2 unspecified atom stereocenters. The number of para-hydroxylation sites is 2. The lowest BCUT2D eigenvalue weighted by atomic mass is 9.81. The summed E-state index contributed by atoms with van der Waals surface area (Å²) in [5, 5.41) is 7.57. The molecule has 2 heteroatoms. The third kappa shape index (κ3) is 3.23. The van der Waals surface area contributed by atoms with E-state index in [0.29, 0.717) is 6.04 Å². The van der Waals surface area contributed by atoms with Gasteiger partial charge in [-0.25, -0.2) is 0 Å². The molecule has 0 saturated heterocycles. The van der Waals surface area contributed by atoms with E-state index in [9.17, 15) is 0 Å². The van der Waals surface area contributed by atoms with Crippen molar-refractivity contribution in [1.82, 2.24) is 0 Å². The first-order valence-electron chi connectivity index (χ1n) is 7.83. The maximum atomic E-state index is 3.80. The fourth-order valence-electron chi connectivity index (χ4n) is 3.04. The van der Waals surface area contributed by atoms with E-state index >= 15 is 0 Å². The molecular weight excluding hydrogens is 232 g/mol. The third-order valence-electron chi connectivity index (χ3n) is 4.34. The molecule has 0 saturated carbocycles. The highest BCUT2D eigenvalue weighted by atomic mass is 15.1. The van der Waals surface area contributed by atoms with Crippen LogP contribution in [0.25, 0.3) is 0 Å². The van der Waals surface area contributed by atoms with E-state index in [1.54, 1.807) is 0 Å². The number of hydrogen-bond donors (Lipinski definition) is 2. The predicted octanol–water partition coefficient (Wildman–Crippen LogP) is 5.03. The Labute approximate surface area is 118 Å². The van der Waals surface area contributed by atoms with Gasteiger partial charge in [-0.3, -0.25) is 0 Å². The second-order valence-corrected chi connectivity index (χ2v) is 6.03. The van der Waals surface area contributed by atoms with Crippen molar-refractivity contribution in [2.45, 2.75) is 70.9 Å². The molecule has 0 fully saturated rings. The topological polar surface area (TPSA) is 24.1 Å². The monoisotopic (exact) mass is 260 g/mol. The lowest BCUT2D eigenvalue weighted by molar-refractivity contribution is 0.362. The lowest BCUT2D eigenvalue weighted by Crippen LogP contribution is -2.53. The van der Waals surface area contributed by atoms with Gasteiger partial charge in [-0.15, -0.1) is 0 Å². The fraction of sp³-hybridized carbons (Fsp3) is 0.647. The van der Waals surface area contributed by atoms with Gasteiger partial charge >= 0.3 is 0 Å². The predicted molar refractivity (Wildman–Crippen MR) is 84.9 cm³/mol. The summed E-state index contributed by atoms with van der Waals surface area (Å²) >= 11 is 0. The molecule has 0 spiro atoms. The summed E-state index contributed by atoms with van der Waals surface area (Å²) in [6, 6.07) is 9.12. The van der Waals surface area contributed by atoms with Gasteiger partial charge in [0.15, 0.2) is 0 Å². The third-order valence-corrected chi connectivity index (χ3v) is 4.34. The molecule has 19 heavy (non-hydrogen) atoms. The minimum atomic E-state index is 0.180. The van der Waals surface area contributed by atoms with Crippen LogP contribution >= 0.6 is 0 Å². The van der Waals surface area contributed by atoms with E-state index in [1.165, 1.54) is 49.9 Å². The van der Waals surface area contributed by atoms with E-state index in [4.69, 9.17) is 0 Å². The Morgan fingerprint density at radius 2 is 1.74 bits per heavy atom. The van der Waals surface area contributed by atoms with E-state index in [2.05, 4.69) is 55.7 Å². The Balaban J connectivity index is 2.18. The van der Waals surface area contributed by atoms with Gasteiger partial charge in [-0.2, -0.15) is 0 Å². The van der Waals surface area contributed by atoms with Gasteiger partial charge < -0.3 is 10.6 Å². The van der Waals surface area contributed by atoms with Crippen LogP contribution in [0.1, 0.15) is 59.3 Å². The van der Waals surface area contributed by atoms with Crippen LogP contribution in [-0.4, -0.2) is 11.6 Å². The van der Waals surface area contributed by atoms with E-state index in [0.717, 1.165) is 0 Å². The average Bonchev–Trinajstić information content (AvgIpc) is 2.43. The highest BCUT2D eigenvalue weighted by molar-refractivity contribution is 5.72. The number of nitrogens with one attached hydrogen (secondary N) is 2. The zero-order chi connectivity index (χ0) is 13.7.